The van der Waals surface area contributed by atoms with E-state index in [0.717, 1.165) is 16.7 Å². The average molecular weight is 514 g/mol. The van der Waals surface area contributed by atoms with Crippen LogP contribution in [0.1, 0.15) is 65.2 Å². The molecule has 0 aromatic heterocycles. The molecule has 2 aromatic rings. The third kappa shape index (κ3) is 8.29. The van der Waals surface area contributed by atoms with Crippen LogP contribution in [0, 0.1) is 11.7 Å². The van der Waals surface area contributed by atoms with E-state index in [9.17, 15) is 19.1 Å². The van der Waals surface area contributed by atoms with Crippen LogP contribution in [0.2, 0.25) is 0 Å². The first kappa shape index (κ1) is 30.3. The van der Waals surface area contributed by atoms with Crippen molar-refractivity contribution in [1.82, 2.24) is 9.80 Å². The monoisotopic (exact) mass is 513 g/mol. The van der Waals surface area contributed by atoms with E-state index in [1.54, 1.807) is 35.0 Å². The number of benzene rings is 2. The first-order chi connectivity index (χ1) is 17.1. The molecule has 0 aliphatic rings. The van der Waals surface area contributed by atoms with Crippen LogP contribution in [0.4, 0.5) is 4.39 Å². The molecule has 0 fully saturated rings. The van der Waals surface area contributed by atoms with Crippen molar-refractivity contribution in [2.75, 3.05) is 13.6 Å². The number of hydrogen-bond acceptors (Lipinski definition) is 4. The minimum Gasteiger partial charge on any atom is -0.508 e. The smallest absolute Gasteiger partial charge is 0.245 e. The molecule has 0 saturated heterocycles. The number of hydrogen-bond donors (Lipinski definition) is 2. The van der Waals surface area contributed by atoms with Crippen molar-refractivity contribution in [3.05, 3.63) is 65.0 Å². The highest BCUT2D eigenvalue weighted by atomic mass is 19.1. The molecule has 6 nitrogen and oxygen atoms in total. The second-order valence-corrected chi connectivity index (χ2v) is 11.6. The second kappa shape index (κ2) is 12.5. The molecule has 204 valence electrons. The van der Waals surface area contributed by atoms with Gasteiger partial charge >= 0.3 is 0 Å². The van der Waals surface area contributed by atoms with Crippen LogP contribution in [0.25, 0.3) is 0 Å². The SMILES string of the molecule is CC(=O)N(CC(N)Cc1ccc(F)cc1)C(C(=O)N(C)C(C)Cc1ccc(O)c(C(C)(C)C)c1)C(C)C. The molecule has 0 saturated carbocycles. The normalized spacial score (nSPS) is 14.2. The van der Waals surface area contributed by atoms with E-state index in [2.05, 4.69) is 20.8 Å². The highest BCUT2D eigenvalue weighted by Gasteiger charge is 2.35. The van der Waals surface area contributed by atoms with Gasteiger partial charge in [0.15, 0.2) is 0 Å². The third-order valence-electron chi connectivity index (χ3n) is 6.88. The van der Waals surface area contributed by atoms with Gasteiger partial charge in [0.05, 0.1) is 0 Å². The lowest BCUT2D eigenvalue weighted by Gasteiger charge is -2.38. The number of amides is 2. The minimum atomic E-state index is -0.658. The first-order valence-corrected chi connectivity index (χ1v) is 13.0. The Balaban J connectivity index is 2.19. The lowest BCUT2D eigenvalue weighted by atomic mass is 9.85. The van der Waals surface area contributed by atoms with Crippen molar-refractivity contribution in [3.63, 3.8) is 0 Å². The van der Waals surface area contributed by atoms with E-state index in [-0.39, 0.29) is 47.3 Å². The second-order valence-electron chi connectivity index (χ2n) is 11.6. The number of phenols is 1. The van der Waals surface area contributed by atoms with Gasteiger partial charge in [0.1, 0.15) is 17.6 Å². The van der Waals surface area contributed by atoms with Crippen molar-refractivity contribution >= 4 is 11.8 Å². The Morgan fingerprint density at radius 1 is 1.00 bits per heavy atom. The summed E-state index contributed by atoms with van der Waals surface area (Å²) in [5.74, 6) is -0.516. The predicted molar refractivity (Wildman–Crippen MR) is 147 cm³/mol. The summed E-state index contributed by atoms with van der Waals surface area (Å²) in [4.78, 5) is 29.7. The number of halogens is 1. The quantitative estimate of drug-likeness (QED) is 0.484. The Bertz CT molecular complexity index is 1060. The van der Waals surface area contributed by atoms with Crippen molar-refractivity contribution < 1.29 is 19.1 Å². The van der Waals surface area contributed by atoms with E-state index in [4.69, 9.17) is 5.73 Å². The maximum Gasteiger partial charge on any atom is 0.245 e. The van der Waals surface area contributed by atoms with E-state index >= 15 is 0 Å². The van der Waals surface area contributed by atoms with Crippen LogP contribution in [-0.2, 0) is 27.8 Å². The van der Waals surface area contributed by atoms with Crippen molar-refractivity contribution in [2.45, 2.75) is 84.8 Å². The van der Waals surface area contributed by atoms with Crippen LogP contribution >= 0.6 is 0 Å². The lowest BCUT2D eigenvalue weighted by molar-refractivity contribution is -0.147. The Morgan fingerprint density at radius 3 is 2.08 bits per heavy atom. The molecule has 3 N–H and O–H groups in total. The van der Waals surface area contributed by atoms with E-state index in [1.165, 1.54) is 19.1 Å². The van der Waals surface area contributed by atoms with Crippen molar-refractivity contribution in [3.8, 4) is 5.75 Å². The fourth-order valence-electron chi connectivity index (χ4n) is 4.67. The molecular formula is C30H44FN3O3. The maximum absolute atomic E-state index is 13.7. The molecule has 2 rings (SSSR count). The van der Waals surface area contributed by atoms with Gasteiger partial charge in [-0.3, -0.25) is 9.59 Å². The number of phenolic OH excluding ortho intramolecular Hbond substituents is 1. The summed E-state index contributed by atoms with van der Waals surface area (Å²) < 4.78 is 13.3. The van der Waals surface area contributed by atoms with E-state index in [0.29, 0.717) is 12.8 Å². The van der Waals surface area contributed by atoms with Crippen molar-refractivity contribution in [1.29, 1.82) is 0 Å². The molecule has 2 amide bonds. The zero-order valence-electron chi connectivity index (χ0n) is 23.6. The molecule has 3 atom stereocenters. The van der Waals surface area contributed by atoms with Gasteiger partial charge in [-0.1, -0.05) is 58.9 Å². The molecule has 0 aliphatic carbocycles. The summed E-state index contributed by atoms with van der Waals surface area (Å²) in [6.45, 7) is 13.7. The van der Waals surface area contributed by atoms with Crippen LogP contribution in [-0.4, -0.2) is 58.4 Å². The van der Waals surface area contributed by atoms with Gasteiger partial charge in [0.2, 0.25) is 11.8 Å². The number of aromatic hydroxyl groups is 1. The van der Waals surface area contributed by atoms with Gasteiger partial charge in [-0.25, -0.2) is 4.39 Å². The number of nitrogens with zero attached hydrogens (tertiary/aromatic N) is 2. The summed E-state index contributed by atoms with van der Waals surface area (Å²) >= 11 is 0. The topological polar surface area (TPSA) is 86.9 Å². The molecule has 37 heavy (non-hydrogen) atoms. The zero-order valence-corrected chi connectivity index (χ0v) is 23.6. The Morgan fingerprint density at radius 2 is 1.57 bits per heavy atom. The molecule has 0 radical (unpaired) electrons. The van der Waals surface area contributed by atoms with Crippen LogP contribution in [0.3, 0.4) is 0 Å². The summed E-state index contributed by atoms with van der Waals surface area (Å²) in [7, 11) is 1.77. The van der Waals surface area contributed by atoms with E-state index < -0.39 is 12.1 Å². The summed E-state index contributed by atoms with van der Waals surface area (Å²) in [5, 5.41) is 10.3. The van der Waals surface area contributed by atoms with Crippen LogP contribution in [0.15, 0.2) is 42.5 Å². The van der Waals surface area contributed by atoms with Crippen LogP contribution in [0.5, 0.6) is 5.75 Å². The van der Waals surface area contributed by atoms with Crippen molar-refractivity contribution in [2.24, 2.45) is 11.7 Å². The van der Waals surface area contributed by atoms with Gasteiger partial charge in [-0.2, -0.15) is 0 Å². The Kier molecular flexibility index (Phi) is 10.3. The zero-order chi connectivity index (χ0) is 28.1. The molecule has 3 unspecified atom stereocenters. The fraction of sp³-hybridized carbons (Fsp3) is 0.533. The van der Waals surface area contributed by atoms with Crippen LogP contribution < -0.4 is 5.73 Å². The van der Waals surface area contributed by atoms with Gasteiger partial charge in [-0.05, 0) is 66.0 Å². The maximum atomic E-state index is 13.7. The highest BCUT2D eigenvalue weighted by Crippen LogP contribution is 2.31. The summed E-state index contributed by atoms with van der Waals surface area (Å²) in [6.07, 6.45) is 1.08. The molecule has 0 heterocycles. The number of nitrogens with two attached hydrogens (primary N) is 1. The summed E-state index contributed by atoms with van der Waals surface area (Å²) in [5.41, 5.74) is 8.95. The molecule has 0 spiro atoms. The lowest BCUT2D eigenvalue weighted by Crippen LogP contribution is -2.56. The molecule has 0 bridgehead atoms. The number of rotatable bonds is 10. The number of likely N-dealkylation sites (N-methyl/N-ethyl adjacent to an activating group) is 1. The fourth-order valence-corrected chi connectivity index (χ4v) is 4.67. The Hall–Kier alpha value is -2.93. The predicted octanol–water partition coefficient (Wildman–Crippen LogP) is 4.66. The standard InChI is InChI=1S/C30H44FN3O3/c1-19(2)28(34(21(4)35)18-25(32)16-22-9-12-24(31)13-10-22)29(37)33(8)20(3)15-23-11-14-27(36)26(17-23)30(5,6)7/h9-14,17,19-20,25,28,36H,15-16,18,32H2,1-8H3. The largest absolute Gasteiger partial charge is 0.508 e. The van der Waals surface area contributed by atoms with Gasteiger partial charge < -0.3 is 20.6 Å². The Labute approximate surface area is 221 Å². The number of carbonyl (C=O) groups is 2. The average Bonchev–Trinajstić information content (AvgIpc) is 2.79. The molecule has 2 aromatic carbocycles. The highest BCUT2D eigenvalue weighted by molar-refractivity contribution is 5.87. The van der Waals surface area contributed by atoms with Gasteiger partial charge in [0.25, 0.3) is 0 Å². The summed E-state index contributed by atoms with van der Waals surface area (Å²) in [6, 6.07) is 10.5. The molecular weight excluding hydrogens is 469 g/mol. The van der Waals surface area contributed by atoms with E-state index in [1.807, 2.05) is 32.9 Å². The third-order valence-corrected chi connectivity index (χ3v) is 6.88. The van der Waals surface area contributed by atoms with Gasteiger partial charge in [0, 0.05) is 32.6 Å². The minimum absolute atomic E-state index is 0.120. The molecule has 0 aliphatic heterocycles. The first-order valence-electron chi connectivity index (χ1n) is 13.0. The van der Waals surface area contributed by atoms with Gasteiger partial charge in [-0.15, -0.1) is 0 Å². The molecule has 7 heteroatoms. The number of carbonyl (C=O) groups excluding carboxylic acids is 2.